The molecule has 0 aromatic heterocycles. The second-order valence-electron chi connectivity index (χ2n) is 1.64. The zero-order valence-electron chi connectivity index (χ0n) is 6.01. The van der Waals surface area contributed by atoms with Crippen molar-refractivity contribution in [2.75, 3.05) is 14.2 Å². The topological polar surface area (TPSA) is 47.6 Å². The lowest BCUT2D eigenvalue weighted by Crippen LogP contribution is -2.03. The van der Waals surface area contributed by atoms with Crippen LogP contribution in [0, 0.1) is 0 Å². The number of methoxy groups -OCH3 is 1. The summed E-state index contributed by atoms with van der Waals surface area (Å²) in [5, 5.41) is 0. The van der Waals surface area contributed by atoms with Gasteiger partial charge in [0, 0.05) is 18.8 Å². The molecule has 0 aromatic carbocycles. The first-order chi connectivity index (χ1) is 4.22. The fourth-order valence-electron chi connectivity index (χ4n) is 0.418. The van der Waals surface area contributed by atoms with Gasteiger partial charge in [0.1, 0.15) is 0 Å². The number of ether oxygens (including phenoxy) is 1. The Balaban J connectivity index is 4.10. The number of hydrogen-bond acceptors (Lipinski definition) is 3. The molecule has 0 aliphatic heterocycles. The third-order valence-corrected chi connectivity index (χ3v) is 0.931. The maximum Gasteiger partial charge on any atom is 0.188 e. The van der Waals surface area contributed by atoms with Crippen molar-refractivity contribution in [3.63, 3.8) is 0 Å². The molecule has 0 aromatic rings. The second-order valence-corrected chi connectivity index (χ2v) is 1.64. The Hall–Kier alpha value is -0.990. The summed E-state index contributed by atoms with van der Waals surface area (Å²) in [6.07, 6.45) is 1.65. The van der Waals surface area contributed by atoms with E-state index in [-0.39, 0.29) is 0 Å². The van der Waals surface area contributed by atoms with Crippen molar-refractivity contribution in [1.82, 2.24) is 0 Å². The highest BCUT2D eigenvalue weighted by molar-refractivity contribution is 5.77. The van der Waals surface area contributed by atoms with Gasteiger partial charge in [-0.1, -0.05) is 0 Å². The second kappa shape index (κ2) is 3.95. The summed E-state index contributed by atoms with van der Waals surface area (Å²) in [5.74, 6) is 0.417. The van der Waals surface area contributed by atoms with Gasteiger partial charge in [0.15, 0.2) is 5.88 Å². The van der Waals surface area contributed by atoms with Gasteiger partial charge in [0.25, 0.3) is 0 Å². The van der Waals surface area contributed by atoms with Gasteiger partial charge in [-0.05, 0) is 6.92 Å². The minimum Gasteiger partial charge on any atom is -0.482 e. The van der Waals surface area contributed by atoms with E-state index in [0.717, 1.165) is 5.57 Å². The summed E-state index contributed by atoms with van der Waals surface area (Å²) in [6, 6.07) is 0. The number of rotatable bonds is 2. The molecule has 0 heterocycles. The van der Waals surface area contributed by atoms with E-state index in [1.807, 2.05) is 6.92 Å². The lowest BCUT2D eigenvalue weighted by molar-refractivity contribution is 0.285. The van der Waals surface area contributed by atoms with Gasteiger partial charge in [0.2, 0.25) is 0 Å². The molecule has 0 aliphatic rings. The lowest BCUT2D eigenvalue weighted by Gasteiger charge is -1.98. The van der Waals surface area contributed by atoms with Gasteiger partial charge in [-0.3, -0.25) is 4.99 Å². The van der Waals surface area contributed by atoms with Crippen LogP contribution >= 0.6 is 0 Å². The molecule has 0 unspecified atom stereocenters. The van der Waals surface area contributed by atoms with Crippen LogP contribution in [0.3, 0.4) is 0 Å². The number of nitrogens with zero attached hydrogens (tertiary/aromatic N) is 1. The van der Waals surface area contributed by atoms with Crippen molar-refractivity contribution in [3.05, 3.63) is 11.5 Å². The lowest BCUT2D eigenvalue weighted by atomic mass is 10.3. The zero-order valence-corrected chi connectivity index (χ0v) is 6.01. The van der Waals surface area contributed by atoms with Crippen molar-refractivity contribution in [3.8, 4) is 0 Å². The maximum atomic E-state index is 5.37. The highest BCUT2D eigenvalue weighted by Crippen LogP contribution is 1.93. The van der Waals surface area contributed by atoms with Crippen LogP contribution in [0.1, 0.15) is 6.92 Å². The van der Waals surface area contributed by atoms with Gasteiger partial charge < -0.3 is 10.5 Å². The van der Waals surface area contributed by atoms with Crippen molar-refractivity contribution in [2.24, 2.45) is 10.7 Å². The molecule has 0 saturated heterocycles. The van der Waals surface area contributed by atoms with E-state index in [0.29, 0.717) is 5.88 Å². The quantitative estimate of drug-likeness (QED) is 0.435. The molecule has 9 heavy (non-hydrogen) atoms. The number of allylic oxidation sites excluding steroid dienone is 1. The summed E-state index contributed by atoms with van der Waals surface area (Å²) in [7, 11) is 3.22. The fourth-order valence-corrected chi connectivity index (χ4v) is 0.418. The van der Waals surface area contributed by atoms with Crippen molar-refractivity contribution < 1.29 is 4.74 Å². The van der Waals surface area contributed by atoms with Crippen molar-refractivity contribution in [2.45, 2.75) is 6.92 Å². The van der Waals surface area contributed by atoms with Crippen LogP contribution in [0.2, 0.25) is 0 Å². The standard InChI is InChI=1S/C6H12N2O/c1-5(4-8-2)6(7)9-3/h4H,7H2,1-3H3. The van der Waals surface area contributed by atoms with E-state index in [1.165, 1.54) is 7.11 Å². The van der Waals surface area contributed by atoms with Crippen LogP contribution in [0.15, 0.2) is 16.4 Å². The van der Waals surface area contributed by atoms with Gasteiger partial charge in [-0.15, -0.1) is 0 Å². The van der Waals surface area contributed by atoms with E-state index >= 15 is 0 Å². The van der Waals surface area contributed by atoms with E-state index in [1.54, 1.807) is 13.3 Å². The zero-order chi connectivity index (χ0) is 7.28. The Morgan fingerprint density at radius 3 is 2.56 bits per heavy atom. The summed E-state index contributed by atoms with van der Waals surface area (Å²) in [6.45, 7) is 1.84. The van der Waals surface area contributed by atoms with Crippen molar-refractivity contribution in [1.29, 1.82) is 0 Å². The molecular formula is C6H12N2O. The molecule has 3 heteroatoms. The molecule has 0 spiro atoms. The summed E-state index contributed by atoms with van der Waals surface area (Å²) in [4.78, 5) is 3.76. The molecule has 0 fully saturated rings. The molecule has 3 nitrogen and oxygen atoms in total. The highest BCUT2D eigenvalue weighted by Gasteiger charge is 1.89. The third kappa shape index (κ3) is 2.74. The Morgan fingerprint density at radius 1 is 1.67 bits per heavy atom. The molecular weight excluding hydrogens is 116 g/mol. The normalized spacial score (nSPS) is 13.7. The van der Waals surface area contributed by atoms with Crippen LogP contribution in [0.4, 0.5) is 0 Å². The van der Waals surface area contributed by atoms with Gasteiger partial charge in [-0.2, -0.15) is 0 Å². The van der Waals surface area contributed by atoms with Crippen LogP contribution < -0.4 is 5.73 Å². The molecule has 0 rings (SSSR count). The first-order valence-electron chi connectivity index (χ1n) is 2.65. The molecule has 52 valence electrons. The number of aliphatic imine (C=N–C) groups is 1. The predicted octanol–water partition coefficient (Wildman–Crippen LogP) is 0.524. The molecule has 0 radical (unpaired) electrons. The minimum absolute atomic E-state index is 0.417. The molecule has 0 bridgehead atoms. The van der Waals surface area contributed by atoms with Crippen molar-refractivity contribution >= 4 is 6.21 Å². The molecule has 0 atom stereocenters. The van der Waals surface area contributed by atoms with E-state index in [2.05, 4.69) is 4.99 Å². The average Bonchev–Trinajstić information content (AvgIpc) is 1.87. The van der Waals surface area contributed by atoms with Crippen LogP contribution in [0.5, 0.6) is 0 Å². The Kier molecular flexibility index (Phi) is 3.51. The van der Waals surface area contributed by atoms with Crippen LogP contribution in [-0.2, 0) is 4.74 Å². The third-order valence-electron chi connectivity index (χ3n) is 0.931. The summed E-state index contributed by atoms with van der Waals surface area (Å²) in [5.41, 5.74) is 6.22. The summed E-state index contributed by atoms with van der Waals surface area (Å²) >= 11 is 0. The molecule has 2 N–H and O–H groups in total. The molecule has 0 amide bonds. The van der Waals surface area contributed by atoms with Crippen LogP contribution in [0.25, 0.3) is 0 Å². The Labute approximate surface area is 55.2 Å². The van der Waals surface area contributed by atoms with Crippen LogP contribution in [-0.4, -0.2) is 20.4 Å². The van der Waals surface area contributed by atoms with E-state index in [4.69, 9.17) is 10.5 Å². The largest absolute Gasteiger partial charge is 0.482 e. The monoisotopic (exact) mass is 128 g/mol. The molecule has 0 aliphatic carbocycles. The molecule has 0 saturated carbocycles. The first kappa shape index (κ1) is 8.01. The highest BCUT2D eigenvalue weighted by atomic mass is 16.5. The maximum absolute atomic E-state index is 5.37. The Morgan fingerprint density at radius 2 is 2.22 bits per heavy atom. The number of hydrogen-bond donors (Lipinski definition) is 1. The Bertz CT molecular complexity index is 138. The van der Waals surface area contributed by atoms with E-state index < -0.39 is 0 Å². The van der Waals surface area contributed by atoms with Gasteiger partial charge in [-0.25, -0.2) is 0 Å². The summed E-state index contributed by atoms with van der Waals surface area (Å²) < 4.78 is 4.73. The average molecular weight is 128 g/mol. The predicted molar refractivity (Wildman–Crippen MR) is 38.3 cm³/mol. The first-order valence-corrected chi connectivity index (χ1v) is 2.65. The SMILES string of the molecule is CN=CC(C)=C(N)OC. The number of nitrogens with two attached hydrogens (primary N) is 1. The van der Waals surface area contributed by atoms with E-state index in [9.17, 15) is 0 Å². The van der Waals surface area contributed by atoms with Gasteiger partial charge in [0.05, 0.1) is 7.11 Å². The fraction of sp³-hybridized carbons (Fsp3) is 0.500. The minimum atomic E-state index is 0.417. The van der Waals surface area contributed by atoms with Gasteiger partial charge >= 0.3 is 0 Å². The smallest absolute Gasteiger partial charge is 0.188 e.